The van der Waals surface area contributed by atoms with E-state index in [9.17, 15) is 22.8 Å². The number of hydrogen-bond donors (Lipinski definition) is 0. The topological polar surface area (TPSA) is 78.0 Å². The molecule has 1 aliphatic rings. The maximum absolute atomic E-state index is 12.9. The molecule has 2 heterocycles. The van der Waals surface area contributed by atoms with Gasteiger partial charge in [0, 0.05) is 18.0 Å². The summed E-state index contributed by atoms with van der Waals surface area (Å²) in [4.78, 5) is 29.5. The summed E-state index contributed by atoms with van der Waals surface area (Å²) in [5, 5.41) is 0.0150. The number of carbonyl (C=O) groups is 2. The van der Waals surface area contributed by atoms with Gasteiger partial charge in [0.15, 0.2) is 0 Å². The van der Waals surface area contributed by atoms with Crippen molar-refractivity contribution in [3.8, 4) is 11.6 Å². The minimum absolute atomic E-state index is 0.0150. The number of allylic oxidation sites excluding steroid dienone is 2. The Morgan fingerprint density at radius 1 is 1.03 bits per heavy atom. The molecule has 33 heavy (non-hydrogen) atoms. The molecule has 0 saturated heterocycles. The van der Waals surface area contributed by atoms with E-state index in [-0.39, 0.29) is 27.9 Å². The number of nitrogens with zero attached hydrogens (tertiary/aromatic N) is 2. The lowest BCUT2D eigenvalue weighted by atomic mass is 10.1. The van der Waals surface area contributed by atoms with Gasteiger partial charge in [-0.1, -0.05) is 23.7 Å². The molecule has 11 heteroatoms. The Bertz CT molecular complexity index is 1170. The van der Waals surface area contributed by atoms with Crippen molar-refractivity contribution in [3.63, 3.8) is 0 Å². The summed E-state index contributed by atoms with van der Waals surface area (Å²) in [5.41, 5.74) is -0.957. The maximum atomic E-state index is 12.9. The van der Waals surface area contributed by atoms with Crippen molar-refractivity contribution in [1.29, 1.82) is 0 Å². The number of hydrogen-bond acceptors (Lipinski definition) is 7. The molecule has 1 aromatic carbocycles. The number of methoxy groups -OCH3 is 2. The molecule has 0 fully saturated rings. The van der Waals surface area contributed by atoms with Crippen LogP contribution in [0.25, 0.3) is 0 Å². The first-order valence-electron chi connectivity index (χ1n) is 9.22. The van der Waals surface area contributed by atoms with Crippen molar-refractivity contribution < 1.29 is 37.0 Å². The van der Waals surface area contributed by atoms with Crippen LogP contribution in [-0.4, -0.2) is 31.1 Å². The molecule has 0 amide bonds. The molecule has 0 unspecified atom stereocenters. The Morgan fingerprint density at radius 2 is 1.76 bits per heavy atom. The van der Waals surface area contributed by atoms with E-state index < -0.39 is 23.8 Å². The zero-order valence-electron chi connectivity index (χ0n) is 17.2. The van der Waals surface area contributed by atoms with Crippen LogP contribution in [0.3, 0.4) is 0 Å². The summed E-state index contributed by atoms with van der Waals surface area (Å²) in [6.07, 6.45) is 1.37. The first-order valence-corrected chi connectivity index (χ1v) is 9.60. The van der Waals surface area contributed by atoms with Gasteiger partial charge in [0.05, 0.1) is 24.8 Å². The molecule has 0 spiro atoms. The zero-order valence-corrected chi connectivity index (χ0v) is 18.0. The second kappa shape index (κ2) is 9.78. The second-order valence-electron chi connectivity index (χ2n) is 6.39. The van der Waals surface area contributed by atoms with Gasteiger partial charge in [-0.2, -0.15) is 13.2 Å². The van der Waals surface area contributed by atoms with E-state index in [1.807, 2.05) is 0 Å². The van der Waals surface area contributed by atoms with Crippen molar-refractivity contribution in [2.75, 3.05) is 19.1 Å². The van der Waals surface area contributed by atoms with Crippen molar-refractivity contribution in [2.24, 2.45) is 0 Å². The first-order chi connectivity index (χ1) is 15.7. The molecule has 1 aromatic heterocycles. The number of rotatable bonds is 5. The third kappa shape index (κ3) is 5.35. The minimum atomic E-state index is -4.63. The molecule has 0 atom stereocenters. The summed E-state index contributed by atoms with van der Waals surface area (Å²) in [7, 11) is 2.33. The molecular formula is C22H16ClF3N2O5. The van der Waals surface area contributed by atoms with E-state index in [0.717, 1.165) is 19.2 Å². The summed E-state index contributed by atoms with van der Waals surface area (Å²) in [6.45, 7) is 0. The Labute approximate surface area is 191 Å². The summed E-state index contributed by atoms with van der Waals surface area (Å²) in [5.74, 6) is -1.85. The summed E-state index contributed by atoms with van der Waals surface area (Å²) in [6, 6.07) is 7.50. The largest absolute Gasteiger partial charge is 0.465 e. The Kier molecular flexibility index (Phi) is 7.07. The van der Waals surface area contributed by atoms with Crippen molar-refractivity contribution in [2.45, 2.75) is 6.18 Å². The van der Waals surface area contributed by atoms with Crippen LogP contribution in [0.2, 0.25) is 5.02 Å². The van der Waals surface area contributed by atoms with Crippen LogP contribution in [-0.2, 0) is 25.2 Å². The molecule has 0 N–H and O–H groups in total. The number of pyridine rings is 1. The highest BCUT2D eigenvalue weighted by Gasteiger charge is 2.33. The smallest absolute Gasteiger partial charge is 0.433 e. The first kappa shape index (κ1) is 23.9. The van der Waals surface area contributed by atoms with Gasteiger partial charge in [0.25, 0.3) is 0 Å². The molecule has 3 rings (SSSR count). The Balaban J connectivity index is 1.98. The molecule has 2 aromatic rings. The summed E-state index contributed by atoms with van der Waals surface area (Å²) >= 11 is 6.29. The fourth-order valence-corrected chi connectivity index (χ4v) is 3.04. The van der Waals surface area contributed by atoms with E-state index in [2.05, 4.69) is 4.98 Å². The normalized spacial score (nSPS) is 13.6. The Morgan fingerprint density at radius 3 is 2.39 bits per heavy atom. The van der Waals surface area contributed by atoms with Gasteiger partial charge in [-0.15, -0.1) is 0 Å². The zero-order chi connectivity index (χ0) is 24.2. The van der Waals surface area contributed by atoms with Crippen molar-refractivity contribution in [3.05, 3.63) is 82.8 Å². The van der Waals surface area contributed by atoms with Gasteiger partial charge in [0.1, 0.15) is 17.1 Å². The SMILES string of the molecule is COC(=O)C1=C(C(=O)OC)N(c2ccc(Oc3cccc(C(F)(F)F)n3)c(Cl)c2)C=CC=C1. The van der Waals surface area contributed by atoms with Crippen molar-refractivity contribution >= 4 is 29.2 Å². The van der Waals surface area contributed by atoms with E-state index >= 15 is 0 Å². The van der Waals surface area contributed by atoms with Crippen LogP contribution in [0.5, 0.6) is 11.6 Å². The van der Waals surface area contributed by atoms with Gasteiger partial charge < -0.3 is 19.1 Å². The highest BCUT2D eigenvalue weighted by molar-refractivity contribution is 6.32. The Hall–Kier alpha value is -3.79. The predicted octanol–water partition coefficient (Wildman–Crippen LogP) is 5.04. The number of ether oxygens (including phenoxy) is 3. The fourth-order valence-electron chi connectivity index (χ4n) is 2.83. The van der Waals surface area contributed by atoms with Crippen LogP contribution in [0.15, 0.2) is 72.1 Å². The van der Waals surface area contributed by atoms with Crippen LogP contribution in [0.1, 0.15) is 5.69 Å². The monoisotopic (exact) mass is 480 g/mol. The lowest BCUT2D eigenvalue weighted by Gasteiger charge is -2.23. The second-order valence-corrected chi connectivity index (χ2v) is 6.80. The number of carbonyl (C=O) groups excluding carboxylic acids is 2. The average molecular weight is 481 g/mol. The molecular weight excluding hydrogens is 465 g/mol. The number of aromatic nitrogens is 1. The molecule has 7 nitrogen and oxygen atoms in total. The quantitative estimate of drug-likeness (QED) is 0.555. The van der Waals surface area contributed by atoms with Crippen molar-refractivity contribution in [1.82, 2.24) is 4.98 Å². The number of halogens is 4. The molecule has 0 saturated carbocycles. The molecule has 172 valence electrons. The van der Waals surface area contributed by atoms with Gasteiger partial charge in [-0.3, -0.25) is 0 Å². The number of benzene rings is 1. The molecule has 1 aliphatic heterocycles. The predicted molar refractivity (Wildman–Crippen MR) is 113 cm³/mol. The van der Waals surface area contributed by atoms with Crippen LogP contribution in [0, 0.1) is 0 Å². The third-order valence-electron chi connectivity index (χ3n) is 4.31. The minimum Gasteiger partial charge on any atom is -0.465 e. The standard InChI is InChI=1S/C22H16ClF3N2O5/c1-31-20(29)14-6-3-4-11-28(19(14)21(30)32-2)13-9-10-16(15(23)12-13)33-18-8-5-7-17(27-18)22(24,25)26/h3-12H,1-2H3. The van der Waals surface area contributed by atoms with Crippen LogP contribution >= 0.6 is 11.6 Å². The summed E-state index contributed by atoms with van der Waals surface area (Å²) < 4.78 is 53.7. The molecule has 0 radical (unpaired) electrons. The lowest BCUT2D eigenvalue weighted by molar-refractivity contribution is -0.141. The number of anilines is 1. The third-order valence-corrected chi connectivity index (χ3v) is 4.61. The maximum Gasteiger partial charge on any atom is 0.433 e. The van der Waals surface area contributed by atoms with Crippen LogP contribution in [0.4, 0.5) is 18.9 Å². The molecule has 0 aliphatic carbocycles. The van der Waals surface area contributed by atoms with Gasteiger partial charge in [-0.05, 0) is 36.4 Å². The number of alkyl halides is 3. The fraction of sp³-hybridized carbons (Fsp3) is 0.136. The highest BCUT2D eigenvalue weighted by Crippen LogP contribution is 2.36. The molecule has 0 bridgehead atoms. The van der Waals surface area contributed by atoms with Gasteiger partial charge in [-0.25, -0.2) is 14.6 Å². The van der Waals surface area contributed by atoms with Crippen LogP contribution < -0.4 is 9.64 Å². The van der Waals surface area contributed by atoms with Gasteiger partial charge >= 0.3 is 18.1 Å². The highest BCUT2D eigenvalue weighted by atomic mass is 35.5. The van der Waals surface area contributed by atoms with E-state index in [4.69, 9.17) is 25.8 Å². The van der Waals surface area contributed by atoms with E-state index in [1.54, 1.807) is 6.08 Å². The average Bonchev–Trinajstić information content (AvgIpc) is 3.02. The van der Waals surface area contributed by atoms with Gasteiger partial charge in [0.2, 0.25) is 5.88 Å². The lowest BCUT2D eigenvalue weighted by Crippen LogP contribution is -2.26. The van der Waals surface area contributed by atoms with E-state index in [1.165, 1.54) is 54.6 Å². The number of esters is 2. The van der Waals surface area contributed by atoms with E-state index in [0.29, 0.717) is 5.69 Å².